The average Bonchev–Trinajstić information content (AvgIpc) is 2.59. The number of hydrogen-bond donors (Lipinski definition) is 3. The van der Waals surface area contributed by atoms with Crippen LogP contribution >= 0.6 is 6.60 Å². The van der Waals surface area contributed by atoms with E-state index in [1.165, 1.54) is 0 Å². The molecule has 158 valence electrons. The number of alkyl carbamates (subject to hydrolysis) is 1. The first kappa shape index (κ1) is 23.9. The third kappa shape index (κ3) is 8.26. The summed E-state index contributed by atoms with van der Waals surface area (Å²) < 4.78 is 5.27. The second-order valence-corrected chi connectivity index (χ2v) is 16.3. The number of carboxylic acid groups (broad SMARTS) is 2. The average molecular weight is 413 g/mol. The summed E-state index contributed by atoms with van der Waals surface area (Å²) >= 11 is 0. The first-order chi connectivity index (χ1) is 12.9. The second kappa shape index (κ2) is 9.87. The molecule has 0 bridgehead atoms. The van der Waals surface area contributed by atoms with Gasteiger partial charge in [-0.25, -0.2) is 0 Å². The fourth-order valence-electron chi connectivity index (χ4n) is 2.91. The number of hydrogen-bond acceptors (Lipinski definition) is 4. The number of carbonyl (C=O) groups is 3. The molecule has 1 amide bonds. The minimum atomic E-state index is -2.61. The first-order valence-corrected chi connectivity index (χ1v) is 13.1. The van der Waals surface area contributed by atoms with Crippen LogP contribution < -0.4 is 5.32 Å². The number of aliphatic carboxylic acids is 2. The molecule has 0 radical (unpaired) electrons. The van der Waals surface area contributed by atoms with Gasteiger partial charge in [0.2, 0.25) is 0 Å². The Bertz CT molecular complexity index is 683. The first-order valence-electron chi connectivity index (χ1n) is 9.31. The fraction of sp³-hybridized carbons (Fsp3) is 0.550. The van der Waals surface area contributed by atoms with Crippen LogP contribution in [0.25, 0.3) is 0 Å². The van der Waals surface area contributed by atoms with E-state index < -0.39 is 30.6 Å². The number of benzene rings is 1. The van der Waals surface area contributed by atoms with Crippen LogP contribution in [0.1, 0.15) is 31.7 Å². The van der Waals surface area contributed by atoms with E-state index in [4.69, 9.17) is 9.84 Å². The summed E-state index contributed by atoms with van der Waals surface area (Å²) in [6.45, 7) is 5.52. The van der Waals surface area contributed by atoms with E-state index in [1.807, 2.05) is 57.3 Å². The predicted molar refractivity (Wildman–Crippen MR) is 111 cm³/mol. The third-order valence-corrected chi connectivity index (χ3v) is 9.89. The molecule has 0 aromatic heterocycles. The maximum absolute atomic E-state index is 12.2. The van der Waals surface area contributed by atoms with Gasteiger partial charge in [0.1, 0.15) is 0 Å². The van der Waals surface area contributed by atoms with E-state index >= 15 is 0 Å². The van der Waals surface area contributed by atoms with Gasteiger partial charge >= 0.3 is 166 Å². The molecule has 0 aliphatic carbocycles. The van der Waals surface area contributed by atoms with E-state index in [0.29, 0.717) is 19.0 Å². The number of rotatable bonds is 11. The van der Waals surface area contributed by atoms with Crippen LogP contribution in [0.3, 0.4) is 0 Å². The molecule has 1 aromatic carbocycles. The van der Waals surface area contributed by atoms with Gasteiger partial charge in [-0.05, 0) is 0 Å². The molecule has 7 nitrogen and oxygen atoms in total. The normalized spacial score (nSPS) is 14.9. The summed E-state index contributed by atoms with van der Waals surface area (Å²) in [7, 11) is 0. The van der Waals surface area contributed by atoms with Crippen molar-refractivity contribution in [2.24, 2.45) is 5.92 Å². The zero-order chi connectivity index (χ0) is 21.4. The molecule has 0 aliphatic heterocycles. The molecule has 0 aliphatic rings. The van der Waals surface area contributed by atoms with E-state index in [2.05, 4.69) is 5.32 Å². The molecule has 0 saturated carbocycles. The van der Waals surface area contributed by atoms with Crippen molar-refractivity contribution >= 4 is 24.6 Å². The number of nitrogens with one attached hydrogen (secondary N) is 1. The van der Waals surface area contributed by atoms with E-state index in [1.54, 1.807) is 0 Å². The number of ether oxygens (including phenoxy) is 1. The maximum atomic E-state index is 12.2. The SMILES string of the molecule is CC(NC(=O)OCc1ccccc1)P(C)(C)(C)CC(CCCC(=O)O)C(=O)O. The Hall–Kier alpha value is -2.14. The molecule has 2 unspecified atom stereocenters. The molecule has 2 atom stereocenters. The predicted octanol–water partition coefficient (Wildman–Crippen LogP) is 3.66. The molecule has 0 spiro atoms. The van der Waals surface area contributed by atoms with Gasteiger partial charge in [0, 0.05) is 0 Å². The Balaban J connectivity index is 2.67. The molecule has 1 rings (SSSR count). The monoisotopic (exact) mass is 413 g/mol. The molecule has 3 N–H and O–H groups in total. The van der Waals surface area contributed by atoms with Crippen LogP contribution in [0.4, 0.5) is 4.79 Å². The van der Waals surface area contributed by atoms with Crippen LogP contribution in [0, 0.1) is 5.92 Å². The van der Waals surface area contributed by atoms with Crippen LogP contribution in [0.5, 0.6) is 0 Å². The molecular weight excluding hydrogens is 381 g/mol. The van der Waals surface area contributed by atoms with Crippen LogP contribution in [-0.2, 0) is 20.9 Å². The summed E-state index contributed by atoms with van der Waals surface area (Å²) in [6.07, 6.45) is 0.463. The van der Waals surface area contributed by atoms with Gasteiger partial charge in [-0.2, -0.15) is 0 Å². The molecule has 1 aromatic rings. The quantitative estimate of drug-likeness (QED) is 0.477. The van der Waals surface area contributed by atoms with Crippen molar-refractivity contribution in [3.63, 3.8) is 0 Å². The minimum absolute atomic E-state index is 0.0451. The van der Waals surface area contributed by atoms with E-state index in [0.717, 1.165) is 5.56 Å². The Morgan fingerprint density at radius 2 is 1.71 bits per heavy atom. The molecule has 0 saturated heterocycles. The standard InChI is InChI=1S/C20H32NO6P/c1-15(21-20(26)27-13-16-9-6-5-7-10-16)28(2,3,4)14-17(19(24)25)11-8-12-18(22)23/h5-7,9-10,15,17H,8,11-14H2,1-4H3,(H,21,26)(H,22,23)(H,24,25). The number of carboxylic acids is 2. The van der Waals surface area contributed by atoms with Gasteiger partial charge in [-0.15, -0.1) is 0 Å². The third-order valence-electron chi connectivity index (χ3n) is 5.14. The fourth-order valence-corrected chi connectivity index (χ4v) is 5.73. The van der Waals surface area contributed by atoms with Gasteiger partial charge in [0.15, 0.2) is 0 Å². The second-order valence-electron chi connectivity index (χ2n) is 8.63. The number of amides is 1. The van der Waals surface area contributed by atoms with Crippen LogP contribution in [0.15, 0.2) is 30.3 Å². The molecule has 8 heteroatoms. The molecule has 0 fully saturated rings. The van der Waals surface area contributed by atoms with Gasteiger partial charge < -0.3 is 0 Å². The Morgan fingerprint density at radius 1 is 1.11 bits per heavy atom. The zero-order valence-electron chi connectivity index (χ0n) is 17.1. The summed E-state index contributed by atoms with van der Waals surface area (Å²) in [4.78, 5) is 34.5. The topological polar surface area (TPSA) is 113 Å². The molecule has 0 heterocycles. The van der Waals surface area contributed by atoms with Crippen molar-refractivity contribution in [3.8, 4) is 0 Å². The molecule has 28 heavy (non-hydrogen) atoms. The van der Waals surface area contributed by atoms with E-state index in [9.17, 15) is 19.5 Å². The van der Waals surface area contributed by atoms with Gasteiger partial charge in [-0.3, -0.25) is 0 Å². The van der Waals surface area contributed by atoms with E-state index in [-0.39, 0.29) is 18.8 Å². The summed E-state index contributed by atoms with van der Waals surface area (Å²) in [5, 5.41) is 21.2. The molecular formula is C20H32NO6P. The van der Waals surface area contributed by atoms with Crippen LogP contribution in [-0.4, -0.2) is 60.2 Å². The Kier molecular flexibility index (Phi) is 8.43. The Morgan fingerprint density at radius 3 is 2.25 bits per heavy atom. The zero-order valence-corrected chi connectivity index (χ0v) is 17.9. The van der Waals surface area contributed by atoms with Crippen molar-refractivity contribution in [1.82, 2.24) is 5.32 Å². The van der Waals surface area contributed by atoms with Crippen molar-refractivity contribution in [3.05, 3.63) is 35.9 Å². The van der Waals surface area contributed by atoms with Gasteiger partial charge in [0.25, 0.3) is 0 Å². The van der Waals surface area contributed by atoms with Crippen molar-refractivity contribution in [2.45, 2.75) is 38.6 Å². The summed E-state index contributed by atoms with van der Waals surface area (Å²) in [6, 6.07) is 9.35. The van der Waals surface area contributed by atoms with Crippen molar-refractivity contribution in [1.29, 1.82) is 0 Å². The van der Waals surface area contributed by atoms with Crippen molar-refractivity contribution in [2.75, 3.05) is 26.2 Å². The summed E-state index contributed by atoms with van der Waals surface area (Å²) in [5.41, 5.74) is 0.886. The van der Waals surface area contributed by atoms with Crippen LogP contribution in [0.2, 0.25) is 0 Å². The van der Waals surface area contributed by atoms with Gasteiger partial charge in [-0.1, -0.05) is 0 Å². The Labute approximate surface area is 166 Å². The number of carbonyl (C=O) groups excluding carboxylic acids is 1. The van der Waals surface area contributed by atoms with Crippen molar-refractivity contribution < 1.29 is 29.3 Å². The van der Waals surface area contributed by atoms with Gasteiger partial charge in [0.05, 0.1) is 0 Å². The summed E-state index contributed by atoms with van der Waals surface area (Å²) in [5.74, 6) is -2.73.